The number of rotatable bonds is 3. The van der Waals surface area contributed by atoms with E-state index in [-0.39, 0.29) is 5.78 Å². The van der Waals surface area contributed by atoms with Gasteiger partial charge in [-0.05, 0) is 13.2 Å². The molecule has 0 amide bonds. The molecular weight excluding hydrogens is 186 g/mol. The Morgan fingerprint density at radius 1 is 1.77 bits per heavy atom. The second kappa shape index (κ2) is 3.93. The molecule has 13 heavy (non-hydrogen) atoms. The highest BCUT2D eigenvalue weighted by Crippen LogP contribution is 2.14. The van der Waals surface area contributed by atoms with Crippen molar-refractivity contribution < 1.29 is 4.79 Å². The number of imidazole rings is 1. The fourth-order valence-corrected chi connectivity index (χ4v) is 1.57. The largest absolute Gasteiger partial charge is 0.321 e. The van der Waals surface area contributed by atoms with Gasteiger partial charge in [0.1, 0.15) is 5.69 Å². The fourth-order valence-electron chi connectivity index (χ4n) is 1.04. The van der Waals surface area contributed by atoms with Gasteiger partial charge in [0.2, 0.25) is 0 Å². The molecule has 0 fully saturated rings. The van der Waals surface area contributed by atoms with Gasteiger partial charge in [0.15, 0.2) is 10.9 Å². The smallest absolute Gasteiger partial charge is 0.197 e. The van der Waals surface area contributed by atoms with E-state index in [1.807, 2.05) is 13.3 Å². The van der Waals surface area contributed by atoms with Crippen LogP contribution in [0, 0.1) is 0 Å². The minimum absolute atomic E-state index is 0.0738. The molecule has 0 spiro atoms. The maximum absolute atomic E-state index is 11.5. The predicted molar refractivity (Wildman–Crippen MR) is 53.0 cm³/mol. The van der Waals surface area contributed by atoms with Crippen molar-refractivity contribution in [2.24, 2.45) is 12.8 Å². The molecule has 0 saturated carbocycles. The lowest BCUT2D eigenvalue weighted by Gasteiger charge is -2.05. The van der Waals surface area contributed by atoms with Crippen LogP contribution in [0.25, 0.3) is 0 Å². The van der Waals surface area contributed by atoms with Gasteiger partial charge >= 0.3 is 0 Å². The van der Waals surface area contributed by atoms with Crippen LogP contribution in [0.4, 0.5) is 0 Å². The van der Waals surface area contributed by atoms with Gasteiger partial charge in [-0.2, -0.15) is 0 Å². The van der Waals surface area contributed by atoms with Crippen LogP contribution < -0.4 is 5.73 Å². The second-order valence-corrected chi connectivity index (χ2v) is 3.62. The fraction of sp³-hybridized carbons (Fsp3) is 0.500. The molecule has 1 heterocycles. The Hall–Kier alpha value is -0.810. The molecule has 5 heteroatoms. The SMILES string of the molecule is CSc1ncc(C(=O)C(C)N)n1C. The lowest BCUT2D eigenvalue weighted by Crippen LogP contribution is -2.28. The average Bonchev–Trinajstić information content (AvgIpc) is 2.45. The molecule has 4 nitrogen and oxygen atoms in total. The quantitative estimate of drug-likeness (QED) is 0.574. The molecule has 1 aromatic rings. The van der Waals surface area contributed by atoms with E-state index >= 15 is 0 Å². The highest BCUT2D eigenvalue weighted by molar-refractivity contribution is 7.98. The Balaban J connectivity index is 3.02. The Kier molecular flexibility index (Phi) is 3.11. The van der Waals surface area contributed by atoms with Gasteiger partial charge in [0.25, 0.3) is 0 Å². The summed E-state index contributed by atoms with van der Waals surface area (Å²) in [6.45, 7) is 1.67. The van der Waals surface area contributed by atoms with Gasteiger partial charge in [-0.3, -0.25) is 4.79 Å². The second-order valence-electron chi connectivity index (χ2n) is 2.84. The molecule has 1 aromatic heterocycles. The topological polar surface area (TPSA) is 60.9 Å². The van der Waals surface area contributed by atoms with Crippen molar-refractivity contribution >= 4 is 17.5 Å². The van der Waals surface area contributed by atoms with Crippen LogP contribution in [-0.4, -0.2) is 27.6 Å². The van der Waals surface area contributed by atoms with Crippen molar-refractivity contribution in [3.8, 4) is 0 Å². The highest BCUT2D eigenvalue weighted by atomic mass is 32.2. The molecule has 1 rings (SSSR count). The van der Waals surface area contributed by atoms with E-state index in [0.717, 1.165) is 5.16 Å². The molecule has 0 radical (unpaired) electrons. The summed E-state index contributed by atoms with van der Waals surface area (Å²) in [5.74, 6) is -0.0738. The molecule has 0 aliphatic heterocycles. The summed E-state index contributed by atoms with van der Waals surface area (Å²) < 4.78 is 1.76. The van der Waals surface area contributed by atoms with E-state index in [1.54, 1.807) is 17.7 Å². The van der Waals surface area contributed by atoms with Gasteiger partial charge < -0.3 is 10.3 Å². The summed E-state index contributed by atoms with van der Waals surface area (Å²) in [5, 5.41) is 0.823. The third-order valence-electron chi connectivity index (χ3n) is 1.79. The molecule has 0 aliphatic carbocycles. The Morgan fingerprint density at radius 3 is 2.77 bits per heavy atom. The zero-order chi connectivity index (χ0) is 10.0. The van der Waals surface area contributed by atoms with Crippen LogP contribution in [-0.2, 0) is 7.05 Å². The number of hydrogen-bond donors (Lipinski definition) is 1. The maximum Gasteiger partial charge on any atom is 0.197 e. The lowest BCUT2D eigenvalue weighted by atomic mass is 10.2. The van der Waals surface area contributed by atoms with Gasteiger partial charge in [-0.1, -0.05) is 11.8 Å². The van der Waals surface area contributed by atoms with Gasteiger partial charge in [-0.15, -0.1) is 0 Å². The molecule has 2 N–H and O–H groups in total. The van der Waals surface area contributed by atoms with Crippen molar-refractivity contribution in [3.05, 3.63) is 11.9 Å². The maximum atomic E-state index is 11.5. The number of thioether (sulfide) groups is 1. The van der Waals surface area contributed by atoms with E-state index in [9.17, 15) is 4.79 Å². The van der Waals surface area contributed by atoms with E-state index < -0.39 is 6.04 Å². The normalized spacial score (nSPS) is 12.9. The first kappa shape index (κ1) is 10.3. The molecule has 72 valence electrons. The standard InChI is InChI=1S/C8H13N3OS/c1-5(9)7(12)6-4-10-8(13-3)11(6)2/h4-5H,9H2,1-3H3. The number of Topliss-reactive ketones (excluding diaryl/α,β-unsaturated/α-hetero) is 1. The highest BCUT2D eigenvalue weighted by Gasteiger charge is 2.16. The number of ketones is 1. The summed E-state index contributed by atoms with van der Waals surface area (Å²) in [6, 6.07) is -0.467. The summed E-state index contributed by atoms with van der Waals surface area (Å²) in [4.78, 5) is 15.6. The van der Waals surface area contributed by atoms with Crippen LogP contribution >= 0.6 is 11.8 Å². The van der Waals surface area contributed by atoms with E-state index in [4.69, 9.17) is 5.73 Å². The summed E-state index contributed by atoms with van der Waals surface area (Å²) in [7, 11) is 1.81. The number of aromatic nitrogens is 2. The van der Waals surface area contributed by atoms with Crippen LogP contribution in [0.2, 0.25) is 0 Å². The number of hydrogen-bond acceptors (Lipinski definition) is 4. The first-order valence-corrected chi connectivity index (χ1v) is 5.16. The number of nitrogens with two attached hydrogens (primary N) is 1. The Morgan fingerprint density at radius 2 is 2.38 bits per heavy atom. The average molecular weight is 199 g/mol. The molecule has 0 bridgehead atoms. The predicted octanol–water partition coefficient (Wildman–Crippen LogP) is 0.672. The van der Waals surface area contributed by atoms with Crippen LogP contribution in [0.5, 0.6) is 0 Å². The molecular formula is C8H13N3OS. The monoisotopic (exact) mass is 199 g/mol. The first-order chi connectivity index (χ1) is 6.07. The lowest BCUT2D eigenvalue weighted by molar-refractivity contribution is 0.0959. The van der Waals surface area contributed by atoms with Gasteiger partial charge in [0, 0.05) is 7.05 Å². The van der Waals surface area contributed by atoms with Gasteiger partial charge in [0.05, 0.1) is 12.2 Å². The number of carbonyl (C=O) groups excluding carboxylic acids is 1. The Bertz CT molecular complexity index is 319. The third-order valence-corrected chi connectivity index (χ3v) is 2.54. The van der Waals surface area contributed by atoms with E-state index in [1.165, 1.54) is 11.8 Å². The number of nitrogens with zero attached hydrogens (tertiary/aromatic N) is 2. The van der Waals surface area contributed by atoms with Crippen molar-refractivity contribution in [1.82, 2.24) is 9.55 Å². The number of carbonyl (C=O) groups is 1. The summed E-state index contributed by atoms with van der Waals surface area (Å²) in [5.41, 5.74) is 6.06. The van der Waals surface area contributed by atoms with Crippen molar-refractivity contribution in [1.29, 1.82) is 0 Å². The summed E-state index contributed by atoms with van der Waals surface area (Å²) >= 11 is 1.50. The first-order valence-electron chi connectivity index (χ1n) is 3.93. The third kappa shape index (κ3) is 1.92. The molecule has 1 atom stereocenters. The van der Waals surface area contributed by atoms with E-state index in [2.05, 4.69) is 4.98 Å². The van der Waals surface area contributed by atoms with Crippen molar-refractivity contribution in [2.45, 2.75) is 18.1 Å². The molecule has 1 unspecified atom stereocenters. The zero-order valence-electron chi connectivity index (χ0n) is 7.94. The van der Waals surface area contributed by atoms with Crippen LogP contribution in [0.15, 0.2) is 11.4 Å². The Labute approximate surface area is 81.5 Å². The van der Waals surface area contributed by atoms with Crippen molar-refractivity contribution in [3.63, 3.8) is 0 Å². The van der Waals surface area contributed by atoms with E-state index in [0.29, 0.717) is 5.69 Å². The molecule has 0 aromatic carbocycles. The van der Waals surface area contributed by atoms with Crippen LogP contribution in [0.3, 0.4) is 0 Å². The zero-order valence-corrected chi connectivity index (χ0v) is 8.76. The molecule has 0 saturated heterocycles. The van der Waals surface area contributed by atoms with Gasteiger partial charge in [-0.25, -0.2) is 4.98 Å². The summed E-state index contributed by atoms with van der Waals surface area (Å²) in [6.07, 6.45) is 3.49. The van der Waals surface area contributed by atoms with Crippen molar-refractivity contribution in [2.75, 3.05) is 6.26 Å². The van der Waals surface area contributed by atoms with Crippen LogP contribution in [0.1, 0.15) is 17.4 Å². The minimum atomic E-state index is -0.467. The minimum Gasteiger partial charge on any atom is -0.321 e. The molecule has 0 aliphatic rings.